The molecular formula is C37H26O. The van der Waals surface area contributed by atoms with Crippen molar-refractivity contribution in [3.8, 4) is 44.7 Å². The highest BCUT2D eigenvalue weighted by Gasteiger charge is 2.26. The molecule has 0 amide bonds. The lowest BCUT2D eigenvalue weighted by molar-refractivity contribution is 0.551. The summed E-state index contributed by atoms with van der Waals surface area (Å²) in [6.07, 6.45) is 0. The number of benzene rings is 6. The number of hydrogen-bond acceptors (Lipinski definition) is 1. The van der Waals surface area contributed by atoms with Gasteiger partial charge in [-0.15, -0.1) is 0 Å². The van der Waals surface area contributed by atoms with Gasteiger partial charge in [-0.1, -0.05) is 140 Å². The topological polar surface area (TPSA) is 13.1 Å². The normalized spacial score (nSPS) is 11.3. The van der Waals surface area contributed by atoms with E-state index in [0.29, 0.717) is 0 Å². The van der Waals surface area contributed by atoms with Crippen molar-refractivity contribution < 1.29 is 4.42 Å². The zero-order valence-electron chi connectivity index (χ0n) is 21.2. The molecule has 0 spiro atoms. The second-order valence-corrected chi connectivity index (χ2v) is 9.68. The molecule has 1 heteroatoms. The van der Waals surface area contributed by atoms with Crippen molar-refractivity contribution in [3.05, 3.63) is 145 Å². The minimum absolute atomic E-state index is 0.916. The third kappa shape index (κ3) is 3.55. The molecule has 7 rings (SSSR count). The lowest BCUT2D eigenvalue weighted by atomic mass is 9.85. The molecule has 6 aromatic carbocycles. The van der Waals surface area contributed by atoms with Crippen molar-refractivity contribution in [2.24, 2.45) is 0 Å². The van der Waals surface area contributed by atoms with Gasteiger partial charge in [-0.3, -0.25) is 0 Å². The Bertz CT molecular complexity index is 1840. The Morgan fingerprint density at radius 2 is 0.684 bits per heavy atom. The Morgan fingerprint density at radius 3 is 1.13 bits per heavy atom. The molecule has 7 aromatic rings. The molecule has 0 aliphatic heterocycles. The van der Waals surface area contributed by atoms with Crippen molar-refractivity contribution in [1.29, 1.82) is 0 Å². The second-order valence-electron chi connectivity index (χ2n) is 9.68. The van der Waals surface area contributed by atoms with E-state index in [4.69, 9.17) is 4.42 Å². The predicted octanol–water partition coefficient (Wildman–Crippen LogP) is 10.6. The first kappa shape index (κ1) is 22.3. The summed E-state index contributed by atoms with van der Waals surface area (Å²) in [5, 5.41) is 4.83. The number of aryl methyl sites for hydroxylation is 1. The summed E-state index contributed by atoms with van der Waals surface area (Å²) in [7, 11) is 0. The number of furan rings is 1. The van der Waals surface area contributed by atoms with Crippen LogP contribution in [0.15, 0.2) is 144 Å². The standard InChI is InChI=1S/C37H26O/c1-25-33(26-15-5-2-6-16-26)35(28-19-9-4-10-20-28)37(38-25)36-31-23-13-11-21-29(31)34(27-17-7-3-8-18-27)30-22-12-14-24-32(30)36/h2-24H,1H3. The Morgan fingerprint density at radius 1 is 0.342 bits per heavy atom. The molecule has 0 aliphatic rings. The van der Waals surface area contributed by atoms with Crippen LogP contribution in [-0.2, 0) is 0 Å². The van der Waals surface area contributed by atoms with E-state index in [2.05, 4.69) is 146 Å². The molecule has 0 saturated carbocycles. The summed E-state index contributed by atoms with van der Waals surface area (Å²) >= 11 is 0. The van der Waals surface area contributed by atoms with Crippen LogP contribution < -0.4 is 0 Å². The molecule has 0 bridgehead atoms. The molecule has 0 N–H and O–H groups in total. The first-order chi connectivity index (χ1) is 18.8. The van der Waals surface area contributed by atoms with Gasteiger partial charge in [-0.25, -0.2) is 0 Å². The van der Waals surface area contributed by atoms with Crippen LogP contribution in [-0.4, -0.2) is 0 Å². The summed E-state index contributed by atoms with van der Waals surface area (Å²) in [5.74, 6) is 1.84. The molecule has 0 atom stereocenters. The van der Waals surface area contributed by atoms with E-state index in [1.54, 1.807) is 0 Å². The fourth-order valence-electron chi connectivity index (χ4n) is 5.84. The van der Waals surface area contributed by atoms with Crippen LogP contribution in [0.1, 0.15) is 5.76 Å². The monoisotopic (exact) mass is 486 g/mol. The second kappa shape index (κ2) is 9.21. The summed E-state index contributed by atoms with van der Waals surface area (Å²) in [6, 6.07) is 49.4. The van der Waals surface area contributed by atoms with Crippen LogP contribution in [0.2, 0.25) is 0 Å². The maximum absolute atomic E-state index is 6.80. The molecule has 180 valence electrons. The Balaban J connectivity index is 1.66. The largest absolute Gasteiger partial charge is 0.460 e. The zero-order chi connectivity index (χ0) is 25.5. The number of rotatable bonds is 4. The quantitative estimate of drug-likeness (QED) is 0.226. The lowest BCUT2D eigenvalue weighted by Gasteiger charge is -2.17. The Kier molecular flexibility index (Phi) is 5.41. The zero-order valence-corrected chi connectivity index (χ0v) is 21.2. The van der Waals surface area contributed by atoms with E-state index in [0.717, 1.165) is 39.3 Å². The molecular weight excluding hydrogens is 460 g/mol. The number of hydrogen-bond donors (Lipinski definition) is 0. The van der Waals surface area contributed by atoms with Gasteiger partial charge in [0.1, 0.15) is 11.5 Å². The minimum atomic E-state index is 0.916. The molecule has 1 aromatic heterocycles. The van der Waals surface area contributed by atoms with Crippen LogP contribution in [0, 0.1) is 6.92 Å². The Labute approximate surface area is 222 Å². The van der Waals surface area contributed by atoms with Crippen LogP contribution in [0.5, 0.6) is 0 Å². The predicted molar refractivity (Wildman–Crippen MR) is 160 cm³/mol. The maximum atomic E-state index is 6.80. The lowest BCUT2D eigenvalue weighted by Crippen LogP contribution is -1.91. The third-order valence-electron chi connectivity index (χ3n) is 7.43. The molecule has 1 heterocycles. The van der Waals surface area contributed by atoms with Gasteiger partial charge in [0.2, 0.25) is 0 Å². The average Bonchev–Trinajstić information content (AvgIpc) is 3.33. The van der Waals surface area contributed by atoms with Crippen molar-refractivity contribution in [3.63, 3.8) is 0 Å². The smallest absolute Gasteiger partial charge is 0.143 e. The summed E-state index contributed by atoms with van der Waals surface area (Å²) < 4.78 is 6.80. The van der Waals surface area contributed by atoms with Crippen molar-refractivity contribution in [2.45, 2.75) is 6.92 Å². The third-order valence-corrected chi connectivity index (χ3v) is 7.43. The first-order valence-corrected chi connectivity index (χ1v) is 13.0. The summed E-state index contributed by atoms with van der Waals surface area (Å²) in [5.41, 5.74) is 8.21. The van der Waals surface area contributed by atoms with Crippen LogP contribution in [0.3, 0.4) is 0 Å². The molecule has 0 fully saturated rings. The van der Waals surface area contributed by atoms with Gasteiger partial charge in [0, 0.05) is 16.7 Å². The van der Waals surface area contributed by atoms with Gasteiger partial charge >= 0.3 is 0 Å². The van der Waals surface area contributed by atoms with Gasteiger partial charge in [-0.05, 0) is 50.7 Å². The fraction of sp³-hybridized carbons (Fsp3) is 0.0270. The summed E-state index contributed by atoms with van der Waals surface area (Å²) in [6.45, 7) is 2.08. The van der Waals surface area contributed by atoms with Crippen molar-refractivity contribution in [2.75, 3.05) is 0 Å². The van der Waals surface area contributed by atoms with Gasteiger partial charge < -0.3 is 4.42 Å². The SMILES string of the molecule is Cc1oc(-c2c3ccccc3c(-c3ccccc3)c3ccccc23)c(-c2ccccc2)c1-c1ccccc1. The van der Waals surface area contributed by atoms with E-state index in [1.165, 1.54) is 32.7 Å². The van der Waals surface area contributed by atoms with E-state index >= 15 is 0 Å². The van der Waals surface area contributed by atoms with Crippen LogP contribution in [0.25, 0.3) is 66.2 Å². The molecule has 0 radical (unpaired) electrons. The molecule has 1 nitrogen and oxygen atoms in total. The fourth-order valence-corrected chi connectivity index (χ4v) is 5.84. The van der Waals surface area contributed by atoms with E-state index < -0.39 is 0 Å². The van der Waals surface area contributed by atoms with E-state index in [1.807, 2.05) is 0 Å². The highest BCUT2D eigenvalue weighted by Crippen LogP contribution is 2.50. The van der Waals surface area contributed by atoms with Crippen LogP contribution in [0.4, 0.5) is 0 Å². The van der Waals surface area contributed by atoms with Gasteiger partial charge in [-0.2, -0.15) is 0 Å². The van der Waals surface area contributed by atoms with Crippen molar-refractivity contribution in [1.82, 2.24) is 0 Å². The van der Waals surface area contributed by atoms with Crippen LogP contribution >= 0.6 is 0 Å². The van der Waals surface area contributed by atoms with Gasteiger partial charge in [0.25, 0.3) is 0 Å². The molecule has 0 aliphatic carbocycles. The first-order valence-electron chi connectivity index (χ1n) is 13.0. The highest BCUT2D eigenvalue weighted by atomic mass is 16.3. The van der Waals surface area contributed by atoms with Gasteiger partial charge in [0.15, 0.2) is 0 Å². The average molecular weight is 487 g/mol. The van der Waals surface area contributed by atoms with Crippen molar-refractivity contribution >= 4 is 21.5 Å². The Hall–Kier alpha value is -4.88. The minimum Gasteiger partial charge on any atom is -0.460 e. The van der Waals surface area contributed by atoms with Gasteiger partial charge in [0.05, 0.1) is 0 Å². The van der Waals surface area contributed by atoms with E-state index in [-0.39, 0.29) is 0 Å². The molecule has 0 unspecified atom stereocenters. The molecule has 38 heavy (non-hydrogen) atoms. The summed E-state index contributed by atoms with van der Waals surface area (Å²) in [4.78, 5) is 0. The highest BCUT2D eigenvalue weighted by molar-refractivity contribution is 6.22. The molecule has 0 saturated heterocycles. The maximum Gasteiger partial charge on any atom is 0.143 e. The number of fused-ring (bicyclic) bond motifs is 2. The van der Waals surface area contributed by atoms with E-state index in [9.17, 15) is 0 Å².